The van der Waals surface area contributed by atoms with Crippen LogP contribution in [0.5, 0.6) is 11.5 Å². The monoisotopic (exact) mass is 497 g/mol. The molecule has 0 atom stereocenters. The number of nitrogens with zero attached hydrogens (tertiary/aromatic N) is 3. The van der Waals surface area contributed by atoms with E-state index in [4.69, 9.17) is 21.1 Å². The smallest absolute Gasteiger partial charge is 0.281 e. The summed E-state index contributed by atoms with van der Waals surface area (Å²) >= 11 is 9.73. The lowest BCUT2D eigenvalue weighted by atomic mass is 10.2. The van der Waals surface area contributed by atoms with Crippen molar-refractivity contribution in [1.82, 2.24) is 9.66 Å². The SMILES string of the molecule is COc1cc(/C=N/n2cnc3ccccc3c2=O)cc(Br)c1OCc1ccccc1Cl. The molecule has 0 aliphatic heterocycles. The summed E-state index contributed by atoms with van der Waals surface area (Å²) in [4.78, 5) is 16.9. The van der Waals surface area contributed by atoms with E-state index in [1.807, 2.05) is 36.4 Å². The van der Waals surface area contributed by atoms with E-state index < -0.39 is 0 Å². The standard InChI is InChI=1S/C23H17BrClN3O3/c1-30-21-11-15(10-18(24)22(21)31-13-16-6-2-4-8-19(16)25)12-27-28-14-26-20-9-5-3-7-17(20)23(28)29/h2-12,14H,13H2,1H3/b27-12+. The van der Waals surface area contributed by atoms with E-state index in [2.05, 4.69) is 26.0 Å². The molecule has 0 bridgehead atoms. The first-order valence-electron chi connectivity index (χ1n) is 9.31. The van der Waals surface area contributed by atoms with Crippen LogP contribution in [0, 0.1) is 0 Å². The van der Waals surface area contributed by atoms with E-state index in [0.717, 1.165) is 5.56 Å². The van der Waals surface area contributed by atoms with Gasteiger partial charge in [0, 0.05) is 10.6 Å². The van der Waals surface area contributed by atoms with Gasteiger partial charge in [0.15, 0.2) is 11.5 Å². The van der Waals surface area contributed by atoms with Crippen LogP contribution in [0.4, 0.5) is 0 Å². The van der Waals surface area contributed by atoms with E-state index in [1.54, 1.807) is 37.6 Å². The first-order chi connectivity index (χ1) is 15.1. The van der Waals surface area contributed by atoms with Crippen LogP contribution >= 0.6 is 27.5 Å². The van der Waals surface area contributed by atoms with Gasteiger partial charge < -0.3 is 9.47 Å². The highest BCUT2D eigenvalue weighted by molar-refractivity contribution is 9.10. The molecule has 0 spiro atoms. The second-order valence-corrected chi connectivity index (χ2v) is 7.83. The maximum atomic E-state index is 12.6. The normalized spacial score (nSPS) is 11.2. The van der Waals surface area contributed by atoms with Gasteiger partial charge in [0.25, 0.3) is 5.56 Å². The predicted octanol–water partition coefficient (Wildman–Crippen LogP) is 5.28. The van der Waals surface area contributed by atoms with E-state index in [0.29, 0.717) is 44.1 Å². The third-order valence-electron chi connectivity index (χ3n) is 4.56. The number of rotatable bonds is 6. The summed E-state index contributed by atoms with van der Waals surface area (Å²) in [6.45, 7) is 0.292. The number of methoxy groups -OCH3 is 1. The molecule has 0 amide bonds. The van der Waals surface area contributed by atoms with E-state index in [-0.39, 0.29) is 5.56 Å². The molecule has 3 aromatic carbocycles. The molecule has 0 aliphatic carbocycles. The number of para-hydroxylation sites is 1. The van der Waals surface area contributed by atoms with Crippen LogP contribution in [0.3, 0.4) is 0 Å². The number of hydrogen-bond acceptors (Lipinski definition) is 5. The zero-order chi connectivity index (χ0) is 21.8. The van der Waals surface area contributed by atoms with Gasteiger partial charge in [0.2, 0.25) is 0 Å². The highest BCUT2D eigenvalue weighted by Crippen LogP contribution is 2.37. The maximum absolute atomic E-state index is 12.6. The van der Waals surface area contributed by atoms with Crippen molar-refractivity contribution in [3.63, 3.8) is 0 Å². The first kappa shape index (κ1) is 21.1. The van der Waals surface area contributed by atoms with Crippen molar-refractivity contribution in [3.05, 3.63) is 98.0 Å². The molecule has 0 saturated carbocycles. The molecule has 6 nitrogen and oxygen atoms in total. The minimum absolute atomic E-state index is 0.243. The van der Waals surface area contributed by atoms with Crippen LogP contribution in [0.2, 0.25) is 5.02 Å². The molecule has 31 heavy (non-hydrogen) atoms. The molecule has 8 heteroatoms. The molecular formula is C23H17BrClN3O3. The zero-order valence-corrected chi connectivity index (χ0v) is 18.8. The van der Waals surface area contributed by atoms with E-state index in [1.165, 1.54) is 11.0 Å². The van der Waals surface area contributed by atoms with Crippen LogP contribution in [0.25, 0.3) is 10.9 Å². The van der Waals surface area contributed by atoms with Crippen molar-refractivity contribution in [3.8, 4) is 11.5 Å². The summed E-state index contributed by atoms with van der Waals surface area (Å²) < 4.78 is 13.3. The Bertz CT molecular complexity index is 1340. The Labute approximate surface area is 191 Å². The first-order valence-corrected chi connectivity index (χ1v) is 10.5. The summed E-state index contributed by atoms with van der Waals surface area (Å²) in [7, 11) is 1.56. The Morgan fingerprint density at radius 1 is 1.16 bits per heavy atom. The van der Waals surface area contributed by atoms with Gasteiger partial charge in [-0.1, -0.05) is 41.9 Å². The Balaban J connectivity index is 1.60. The largest absolute Gasteiger partial charge is 0.493 e. The average Bonchev–Trinajstić information content (AvgIpc) is 2.78. The molecular weight excluding hydrogens is 482 g/mol. The van der Waals surface area contributed by atoms with Crippen LogP contribution in [0.1, 0.15) is 11.1 Å². The van der Waals surface area contributed by atoms with Gasteiger partial charge >= 0.3 is 0 Å². The second kappa shape index (κ2) is 9.32. The minimum atomic E-state index is -0.243. The van der Waals surface area contributed by atoms with Crippen molar-refractivity contribution >= 4 is 44.6 Å². The zero-order valence-electron chi connectivity index (χ0n) is 16.5. The van der Waals surface area contributed by atoms with Crippen LogP contribution < -0.4 is 15.0 Å². The number of hydrogen-bond donors (Lipinski definition) is 0. The molecule has 0 saturated heterocycles. The highest BCUT2D eigenvalue weighted by Gasteiger charge is 2.12. The summed E-state index contributed by atoms with van der Waals surface area (Å²) in [5.74, 6) is 1.07. The molecule has 0 radical (unpaired) electrons. The molecule has 1 aromatic heterocycles. The second-order valence-electron chi connectivity index (χ2n) is 6.57. The summed E-state index contributed by atoms with van der Waals surface area (Å²) in [6, 6.07) is 18.2. The maximum Gasteiger partial charge on any atom is 0.281 e. The molecule has 0 aliphatic rings. The van der Waals surface area contributed by atoms with Crippen molar-refractivity contribution in [2.24, 2.45) is 5.10 Å². The summed E-state index contributed by atoms with van der Waals surface area (Å²) in [5, 5.41) is 5.40. The lowest BCUT2D eigenvalue weighted by Crippen LogP contribution is -2.17. The van der Waals surface area contributed by atoms with Crippen molar-refractivity contribution < 1.29 is 9.47 Å². The lowest BCUT2D eigenvalue weighted by molar-refractivity contribution is 0.282. The summed E-state index contributed by atoms with van der Waals surface area (Å²) in [6.07, 6.45) is 2.96. The molecule has 4 aromatic rings. The lowest BCUT2D eigenvalue weighted by Gasteiger charge is -2.14. The summed E-state index contributed by atoms with van der Waals surface area (Å²) in [5.41, 5.74) is 1.97. The van der Waals surface area contributed by atoms with E-state index >= 15 is 0 Å². The Hall–Kier alpha value is -3.16. The van der Waals surface area contributed by atoms with Gasteiger partial charge in [-0.2, -0.15) is 9.78 Å². The number of ether oxygens (including phenoxy) is 2. The third kappa shape index (κ3) is 4.62. The van der Waals surface area contributed by atoms with Gasteiger partial charge in [-0.25, -0.2) is 4.98 Å². The molecule has 0 unspecified atom stereocenters. The molecule has 0 N–H and O–H groups in total. The minimum Gasteiger partial charge on any atom is -0.493 e. The van der Waals surface area contributed by atoms with Crippen molar-refractivity contribution in [1.29, 1.82) is 0 Å². The highest BCUT2D eigenvalue weighted by atomic mass is 79.9. The van der Waals surface area contributed by atoms with Crippen LogP contribution in [0.15, 0.2) is 81.4 Å². The Morgan fingerprint density at radius 2 is 1.94 bits per heavy atom. The van der Waals surface area contributed by atoms with Gasteiger partial charge in [0.1, 0.15) is 12.9 Å². The quantitative estimate of drug-likeness (QED) is 0.339. The fraction of sp³-hybridized carbons (Fsp3) is 0.0870. The fourth-order valence-corrected chi connectivity index (χ4v) is 3.76. The third-order valence-corrected chi connectivity index (χ3v) is 5.52. The molecule has 156 valence electrons. The van der Waals surface area contributed by atoms with Crippen LogP contribution in [-0.2, 0) is 6.61 Å². The van der Waals surface area contributed by atoms with Gasteiger partial charge in [-0.3, -0.25) is 4.79 Å². The number of halogens is 2. The van der Waals surface area contributed by atoms with Crippen LogP contribution in [-0.4, -0.2) is 23.0 Å². The molecule has 4 rings (SSSR count). The Kier molecular flexibility index (Phi) is 6.34. The fourth-order valence-electron chi connectivity index (χ4n) is 2.99. The number of aromatic nitrogens is 2. The van der Waals surface area contributed by atoms with E-state index in [9.17, 15) is 4.79 Å². The van der Waals surface area contributed by atoms with Crippen molar-refractivity contribution in [2.45, 2.75) is 6.61 Å². The average molecular weight is 499 g/mol. The Morgan fingerprint density at radius 3 is 2.74 bits per heavy atom. The topological polar surface area (TPSA) is 65.7 Å². The van der Waals surface area contributed by atoms with Gasteiger partial charge in [-0.05, 0) is 51.8 Å². The molecule has 0 fully saturated rings. The van der Waals surface area contributed by atoms with Gasteiger partial charge in [0.05, 0.1) is 28.7 Å². The number of benzene rings is 3. The molecule has 1 heterocycles. The predicted molar refractivity (Wildman–Crippen MR) is 125 cm³/mol. The van der Waals surface area contributed by atoms with Crippen molar-refractivity contribution in [2.75, 3.05) is 7.11 Å². The number of fused-ring (bicyclic) bond motifs is 1. The van der Waals surface area contributed by atoms with Gasteiger partial charge in [-0.15, -0.1) is 0 Å².